The van der Waals surface area contributed by atoms with Crippen molar-refractivity contribution in [3.8, 4) is 0 Å². The Hall–Kier alpha value is -0.0400. The molecule has 1 nitrogen and oxygen atoms in total. The molecule has 1 heteroatoms. The highest BCUT2D eigenvalue weighted by Gasteiger charge is 2.39. The second-order valence-electron chi connectivity index (χ2n) is 7.04. The Balaban J connectivity index is 2.21. The predicted molar refractivity (Wildman–Crippen MR) is 81.9 cm³/mol. The number of unbranched alkanes of at least 4 members (excludes halogenated alkanes) is 1. The van der Waals surface area contributed by atoms with Crippen LogP contribution in [-0.4, -0.2) is 24.0 Å². The van der Waals surface area contributed by atoms with E-state index in [0.717, 1.165) is 29.8 Å². The first-order valence-electron chi connectivity index (χ1n) is 8.19. The first kappa shape index (κ1) is 16.0. The summed E-state index contributed by atoms with van der Waals surface area (Å²) in [5, 5.41) is 0. The van der Waals surface area contributed by atoms with E-state index in [9.17, 15) is 0 Å². The van der Waals surface area contributed by atoms with Crippen LogP contribution in [0.2, 0.25) is 0 Å². The Morgan fingerprint density at radius 2 is 1.72 bits per heavy atom. The van der Waals surface area contributed by atoms with Crippen molar-refractivity contribution < 1.29 is 0 Å². The van der Waals surface area contributed by atoms with Crippen molar-refractivity contribution in [3.63, 3.8) is 0 Å². The van der Waals surface area contributed by atoms with E-state index in [-0.39, 0.29) is 0 Å². The van der Waals surface area contributed by atoms with E-state index < -0.39 is 0 Å². The van der Waals surface area contributed by atoms with Crippen molar-refractivity contribution in [2.24, 2.45) is 17.8 Å². The van der Waals surface area contributed by atoms with Gasteiger partial charge in [0.15, 0.2) is 0 Å². The smallest absolute Gasteiger partial charge is 0.0249 e. The molecule has 0 saturated carbocycles. The van der Waals surface area contributed by atoms with Gasteiger partial charge in [-0.3, -0.25) is 4.90 Å². The largest absolute Gasteiger partial charge is 0.298 e. The molecular formula is C17H35N. The standard InChI is InChI=1S/C17H35N/c1-7-8-9-16(13(2)3)12-14(4)10-11-17-15(5)18(17)6/h13-17H,7-12H2,1-6H3/t14-,15?,16+,17?,18?/m1/s1. The van der Waals surface area contributed by atoms with Crippen LogP contribution in [0.5, 0.6) is 0 Å². The summed E-state index contributed by atoms with van der Waals surface area (Å²) < 4.78 is 0. The number of hydrogen-bond acceptors (Lipinski definition) is 1. The van der Waals surface area contributed by atoms with Gasteiger partial charge in [-0.1, -0.05) is 47.0 Å². The van der Waals surface area contributed by atoms with E-state index in [0.29, 0.717) is 0 Å². The molecule has 0 aromatic rings. The normalized spacial score (nSPS) is 30.5. The average Bonchev–Trinajstić information content (AvgIpc) is 2.89. The lowest BCUT2D eigenvalue weighted by molar-refractivity contribution is 0.272. The van der Waals surface area contributed by atoms with Gasteiger partial charge in [-0.25, -0.2) is 0 Å². The molecule has 5 atom stereocenters. The molecule has 1 rings (SSSR count). The summed E-state index contributed by atoms with van der Waals surface area (Å²) in [6.07, 6.45) is 8.49. The number of likely N-dealkylation sites (N-methyl/N-ethyl adjacent to an activating group) is 1. The zero-order valence-corrected chi connectivity index (χ0v) is 13.6. The maximum Gasteiger partial charge on any atom is 0.0249 e. The van der Waals surface area contributed by atoms with E-state index in [1.807, 2.05) is 0 Å². The molecule has 1 fully saturated rings. The molecule has 1 aliphatic heterocycles. The van der Waals surface area contributed by atoms with E-state index in [4.69, 9.17) is 0 Å². The fourth-order valence-corrected chi connectivity index (χ4v) is 3.30. The van der Waals surface area contributed by atoms with Gasteiger partial charge in [0.1, 0.15) is 0 Å². The summed E-state index contributed by atoms with van der Waals surface area (Å²) in [7, 11) is 2.26. The van der Waals surface area contributed by atoms with Gasteiger partial charge in [-0.2, -0.15) is 0 Å². The number of nitrogens with zero attached hydrogens (tertiary/aromatic N) is 1. The predicted octanol–water partition coefficient (Wildman–Crippen LogP) is 4.96. The summed E-state index contributed by atoms with van der Waals surface area (Å²) >= 11 is 0. The van der Waals surface area contributed by atoms with Gasteiger partial charge in [0.2, 0.25) is 0 Å². The van der Waals surface area contributed by atoms with Crippen LogP contribution >= 0.6 is 0 Å². The molecular weight excluding hydrogens is 218 g/mol. The van der Waals surface area contributed by atoms with Crippen LogP contribution in [-0.2, 0) is 0 Å². The minimum Gasteiger partial charge on any atom is -0.298 e. The van der Waals surface area contributed by atoms with Crippen LogP contribution in [0.15, 0.2) is 0 Å². The lowest BCUT2D eigenvalue weighted by atomic mass is 9.82. The molecule has 0 bridgehead atoms. The summed E-state index contributed by atoms with van der Waals surface area (Å²) in [5.74, 6) is 2.73. The van der Waals surface area contributed by atoms with Gasteiger partial charge in [0.05, 0.1) is 0 Å². The fraction of sp³-hybridized carbons (Fsp3) is 1.00. The third kappa shape index (κ3) is 4.91. The van der Waals surface area contributed by atoms with Crippen molar-refractivity contribution in [2.45, 2.75) is 85.2 Å². The van der Waals surface area contributed by atoms with Crippen LogP contribution in [0, 0.1) is 17.8 Å². The highest BCUT2D eigenvalue weighted by molar-refractivity contribution is 4.96. The molecule has 1 saturated heterocycles. The first-order chi connectivity index (χ1) is 8.47. The summed E-state index contributed by atoms with van der Waals surface area (Å²) in [5.41, 5.74) is 0. The Morgan fingerprint density at radius 3 is 2.17 bits per heavy atom. The molecule has 0 radical (unpaired) electrons. The molecule has 1 aliphatic rings. The Kier molecular flexibility index (Phi) is 6.70. The molecule has 3 unspecified atom stereocenters. The van der Waals surface area contributed by atoms with Gasteiger partial charge in [-0.05, 0) is 51.0 Å². The van der Waals surface area contributed by atoms with Gasteiger partial charge in [-0.15, -0.1) is 0 Å². The SMILES string of the molecule is CCCC[C@@H](C[C@H](C)CCC1C(C)N1C)C(C)C. The Morgan fingerprint density at radius 1 is 1.11 bits per heavy atom. The van der Waals surface area contributed by atoms with Crippen LogP contribution < -0.4 is 0 Å². The monoisotopic (exact) mass is 253 g/mol. The van der Waals surface area contributed by atoms with E-state index in [2.05, 4.69) is 46.6 Å². The van der Waals surface area contributed by atoms with Crippen molar-refractivity contribution in [1.29, 1.82) is 0 Å². The van der Waals surface area contributed by atoms with E-state index in [1.165, 1.54) is 38.5 Å². The molecule has 0 aromatic heterocycles. The first-order valence-corrected chi connectivity index (χ1v) is 8.19. The molecule has 0 aliphatic carbocycles. The lowest BCUT2D eigenvalue weighted by Crippen LogP contribution is -2.13. The maximum absolute atomic E-state index is 2.50. The molecule has 0 spiro atoms. The zero-order valence-electron chi connectivity index (χ0n) is 13.6. The van der Waals surface area contributed by atoms with Crippen LogP contribution in [0.3, 0.4) is 0 Å². The molecule has 0 amide bonds. The van der Waals surface area contributed by atoms with Crippen molar-refractivity contribution in [1.82, 2.24) is 4.90 Å². The zero-order chi connectivity index (χ0) is 13.7. The summed E-state index contributed by atoms with van der Waals surface area (Å²) in [6.45, 7) is 11.9. The lowest BCUT2D eigenvalue weighted by Gasteiger charge is -2.24. The second-order valence-corrected chi connectivity index (χ2v) is 7.04. The minimum atomic E-state index is 0.846. The third-order valence-corrected chi connectivity index (χ3v) is 5.16. The maximum atomic E-state index is 2.50. The molecule has 18 heavy (non-hydrogen) atoms. The van der Waals surface area contributed by atoms with Crippen LogP contribution in [0.1, 0.15) is 73.1 Å². The highest BCUT2D eigenvalue weighted by atomic mass is 15.3. The van der Waals surface area contributed by atoms with Gasteiger partial charge < -0.3 is 0 Å². The molecule has 108 valence electrons. The molecule has 1 heterocycles. The number of hydrogen-bond donors (Lipinski definition) is 0. The Labute approximate surface area is 115 Å². The molecule has 0 aromatic carbocycles. The fourth-order valence-electron chi connectivity index (χ4n) is 3.30. The average molecular weight is 253 g/mol. The topological polar surface area (TPSA) is 3.01 Å². The van der Waals surface area contributed by atoms with Crippen molar-refractivity contribution >= 4 is 0 Å². The van der Waals surface area contributed by atoms with E-state index >= 15 is 0 Å². The second kappa shape index (κ2) is 7.53. The number of rotatable bonds is 9. The highest BCUT2D eigenvalue weighted by Crippen LogP contribution is 2.33. The minimum absolute atomic E-state index is 0.846. The summed E-state index contributed by atoms with van der Waals surface area (Å²) in [6, 6.07) is 1.73. The van der Waals surface area contributed by atoms with Crippen LogP contribution in [0.25, 0.3) is 0 Å². The molecule has 0 N–H and O–H groups in total. The van der Waals surface area contributed by atoms with Gasteiger partial charge in [0.25, 0.3) is 0 Å². The van der Waals surface area contributed by atoms with E-state index in [1.54, 1.807) is 0 Å². The quantitative estimate of drug-likeness (QED) is 0.525. The van der Waals surface area contributed by atoms with Crippen molar-refractivity contribution in [3.05, 3.63) is 0 Å². The Bertz CT molecular complexity index is 216. The van der Waals surface area contributed by atoms with Gasteiger partial charge >= 0.3 is 0 Å². The van der Waals surface area contributed by atoms with Gasteiger partial charge in [0, 0.05) is 12.1 Å². The third-order valence-electron chi connectivity index (χ3n) is 5.16. The summed E-state index contributed by atoms with van der Waals surface area (Å²) in [4.78, 5) is 2.50. The van der Waals surface area contributed by atoms with Crippen LogP contribution in [0.4, 0.5) is 0 Å². The van der Waals surface area contributed by atoms with Crippen molar-refractivity contribution in [2.75, 3.05) is 7.05 Å².